The van der Waals surface area contributed by atoms with Crippen LogP contribution in [-0.4, -0.2) is 76.0 Å². The number of likely N-dealkylation sites (tertiary alicyclic amines) is 1. The number of amides is 2. The van der Waals surface area contributed by atoms with E-state index in [-0.39, 0.29) is 17.7 Å². The minimum absolute atomic E-state index is 0.133. The minimum Gasteiger partial charge on any atom is -0.378 e. The number of ether oxygens (including phenoxy) is 1. The van der Waals surface area contributed by atoms with Crippen LogP contribution in [-0.2, 0) is 16.1 Å². The molecule has 8 heteroatoms. The zero-order valence-corrected chi connectivity index (χ0v) is 15.9. The number of aromatic nitrogens is 3. The predicted molar refractivity (Wildman–Crippen MR) is 102 cm³/mol. The van der Waals surface area contributed by atoms with Crippen molar-refractivity contribution >= 4 is 11.8 Å². The maximum atomic E-state index is 12.9. The number of morpholine rings is 1. The molecule has 1 unspecified atom stereocenters. The van der Waals surface area contributed by atoms with Gasteiger partial charge in [-0.2, -0.15) is 0 Å². The first kappa shape index (κ1) is 18.6. The summed E-state index contributed by atoms with van der Waals surface area (Å²) in [7, 11) is 0. The van der Waals surface area contributed by atoms with E-state index in [9.17, 15) is 9.59 Å². The number of piperidine rings is 1. The maximum Gasteiger partial charge on any atom is 0.276 e. The van der Waals surface area contributed by atoms with Gasteiger partial charge in [-0.15, -0.1) is 5.10 Å². The maximum absolute atomic E-state index is 12.9. The highest BCUT2D eigenvalue weighted by Crippen LogP contribution is 2.21. The third kappa shape index (κ3) is 4.22. The summed E-state index contributed by atoms with van der Waals surface area (Å²) < 4.78 is 6.99. The number of carbonyl (C=O) groups is 2. The van der Waals surface area contributed by atoms with E-state index in [0.29, 0.717) is 51.6 Å². The first-order valence-corrected chi connectivity index (χ1v) is 9.80. The van der Waals surface area contributed by atoms with E-state index in [1.54, 1.807) is 15.8 Å². The molecule has 2 saturated heterocycles. The van der Waals surface area contributed by atoms with Crippen molar-refractivity contribution in [3.05, 3.63) is 47.8 Å². The normalized spacial score (nSPS) is 20.2. The molecule has 1 aromatic heterocycles. The van der Waals surface area contributed by atoms with Gasteiger partial charge in [-0.1, -0.05) is 35.5 Å². The largest absolute Gasteiger partial charge is 0.378 e. The van der Waals surface area contributed by atoms with E-state index >= 15 is 0 Å². The third-order valence-electron chi connectivity index (χ3n) is 5.33. The lowest BCUT2D eigenvalue weighted by Gasteiger charge is -2.35. The Bertz CT molecular complexity index is 816. The molecule has 0 radical (unpaired) electrons. The van der Waals surface area contributed by atoms with Gasteiger partial charge in [0, 0.05) is 26.2 Å². The number of benzene rings is 1. The van der Waals surface area contributed by atoms with Crippen LogP contribution in [0.25, 0.3) is 0 Å². The fourth-order valence-electron chi connectivity index (χ4n) is 3.81. The van der Waals surface area contributed by atoms with Gasteiger partial charge in [-0.25, -0.2) is 4.68 Å². The molecule has 2 aliphatic rings. The van der Waals surface area contributed by atoms with Crippen molar-refractivity contribution in [1.82, 2.24) is 24.8 Å². The van der Waals surface area contributed by atoms with E-state index in [0.717, 1.165) is 18.4 Å². The van der Waals surface area contributed by atoms with Crippen molar-refractivity contribution < 1.29 is 14.3 Å². The van der Waals surface area contributed by atoms with Crippen molar-refractivity contribution in [2.75, 3.05) is 39.4 Å². The van der Waals surface area contributed by atoms with Gasteiger partial charge < -0.3 is 14.5 Å². The fourth-order valence-corrected chi connectivity index (χ4v) is 3.81. The third-order valence-corrected chi connectivity index (χ3v) is 5.33. The van der Waals surface area contributed by atoms with Gasteiger partial charge in [0.25, 0.3) is 5.91 Å². The number of nitrogens with zero attached hydrogens (tertiary/aromatic N) is 5. The summed E-state index contributed by atoms with van der Waals surface area (Å²) in [5, 5.41) is 8.14. The average Bonchev–Trinajstić information content (AvgIpc) is 3.22. The first-order chi connectivity index (χ1) is 13.7. The minimum atomic E-state index is -0.154. The number of hydrogen-bond donors (Lipinski definition) is 0. The van der Waals surface area contributed by atoms with Crippen LogP contribution >= 0.6 is 0 Å². The number of carbonyl (C=O) groups excluding carboxylic acids is 2. The average molecular weight is 383 g/mol. The zero-order valence-electron chi connectivity index (χ0n) is 15.9. The highest BCUT2D eigenvalue weighted by atomic mass is 16.5. The Morgan fingerprint density at radius 3 is 2.64 bits per heavy atom. The van der Waals surface area contributed by atoms with Gasteiger partial charge >= 0.3 is 0 Å². The van der Waals surface area contributed by atoms with E-state index < -0.39 is 0 Å². The Morgan fingerprint density at radius 1 is 1.07 bits per heavy atom. The van der Waals surface area contributed by atoms with Gasteiger partial charge in [0.15, 0.2) is 5.69 Å². The second-order valence-corrected chi connectivity index (χ2v) is 7.31. The zero-order chi connectivity index (χ0) is 19.3. The summed E-state index contributed by atoms with van der Waals surface area (Å²) in [6.45, 7) is 4.11. The number of rotatable bonds is 4. The Hall–Kier alpha value is -2.74. The van der Waals surface area contributed by atoms with E-state index in [2.05, 4.69) is 10.3 Å². The van der Waals surface area contributed by atoms with Crippen LogP contribution in [0, 0.1) is 5.92 Å². The fraction of sp³-hybridized carbons (Fsp3) is 0.500. The second kappa shape index (κ2) is 8.52. The van der Waals surface area contributed by atoms with Crippen LogP contribution in [0.15, 0.2) is 36.5 Å². The highest BCUT2D eigenvalue weighted by Gasteiger charge is 2.32. The lowest BCUT2D eigenvalue weighted by Crippen LogP contribution is -2.49. The molecule has 0 N–H and O–H groups in total. The molecule has 2 aromatic rings. The Labute approximate surface area is 164 Å². The lowest BCUT2D eigenvalue weighted by molar-refractivity contribution is -0.141. The molecule has 0 bridgehead atoms. The summed E-state index contributed by atoms with van der Waals surface area (Å²) in [6, 6.07) is 9.92. The quantitative estimate of drug-likeness (QED) is 0.788. The van der Waals surface area contributed by atoms with Crippen LogP contribution in [0.4, 0.5) is 0 Å². The Morgan fingerprint density at radius 2 is 1.86 bits per heavy atom. The van der Waals surface area contributed by atoms with Crippen LogP contribution in [0.5, 0.6) is 0 Å². The molecule has 3 heterocycles. The van der Waals surface area contributed by atoms with Gasteiger partial charge in [-0.3, -0.25) is 9.59 Å². The second-order valence-electron chi connectivity index (χ2n) is 7.31. The van der Waals surface area contributed by atoms with E-state index in [1.165, 1.54) is 0 Å². The molecule has 0 saturated carbocycles. The van der Waals surface area contributed by atoms with E-state index in [4.69, 9.17) is 4.74 Å². The summed E-state index contributed by atoms with van der Waals surface area (Å²) in [4.78, 5) is 29.2. The van der Waals surface area contributed by atoms with Crippen molar-refractivity contribution in [3.63, 3.8) is 0 Å². The van der Waals surface area contributed by atoms with Crippen LogP contribution in [0.2, 0.25) is 0 Å². The molecule has 8 nitrogen and oxygen atoms in total. The highest BCUT2D eigenvalue weighted by molar-refractivity contribution is 5.92. The smallest absolute Gasteiger partial charge is 0.276 e. The van der Waals surface area contributed by atoms with Crippen molar-refractivity contribution in [1.29, 1.82) is 0 Å². The monoisotopic (exact) mass is 383 g/mol. The van der Waals surface area contributed by atoms with Crippen molar-refractivity contribution in [2.24, 2.45) is 5.92 Å². The molecule has 148 valence electrons. The topological polar surface area (TPSA) is 80.6 Å². The van der Waals surface area contributed by atoms with Gasteiger partial charge in [0.2, 0.25) is 5.91 Å². The van der Waals surface area contributed by atoms with Crippen molar-refractivity contribution in [3.8, 4) is 0 Å². The molecule has 2 fully saturated rings. The molecule has 1 aromatic carbocycles. The van der Waals surface area contributed by atoms with Crippen LogP contribution in [0.1, 0.15) is 28.9 Å². The van der Waals surface area contributed by atoms with Gasteiger partial charge in [0.05, 0.1) is 31.9 Å². The van der Waals surface area contributed by atoms with Crippen molar-refractivity contribution in [2.45, 2.75) is 19.4 Å². The summed E-state index contributed by atoms with van der Waals surface area (Å²) in [5.41, 5.74) is 1.43. The van der Waals surface area contributed by atoms with Crippen LogP contribution in [0.3, 0.4) is 0 Å². The molecule has 0 aliphatic carbocycles. The molecule has 2 aliphatic heterocycles. The van der Waals surface area contributed by atoms with E-state index in [1.807, 2.05) is 35.2 Å². The first-order valence-electron chi connectivity index (χ1n) is 9.80. The Balaban J connectivity index is 1.38. The molecule has 2 amide bonds. The standard InChI is InChI=1S/C20H25N5O3/c26-19(23-9-11-28-12-10-23)17-7-4-8-24(14-17)20(27)18-15-25(22-21-18)13-16-5-2-1-3-6-16/h1-3,5-6,15,17H,4,7-14H2. The Kier molecular flexibility index (Phi) is 5.66. The molecule has 4 rings (SSSR count). The van der Waals surface area contributed by atoms with Gasteiger partial charge in [0.1, 0.15) is 0 Å². The molecular formula is C20H25N5O3. The molecule has 28 heavy (non-hydrogen) atoms. The van der Waals surface area contributed by atoms with Crippen LogP contribution < -0.4 is 0 Å². The number of hydrogen-bond acceptors (Lipinski definition) is 5. The summed E-state index contributed by atoms with van der Waals surface area (Å²) >= 11 is 0. The predicted octanol–water partition coefficient (Wildman–Crippen LogP) is 1.04. The SMILES string of the molecule is O=C(c1cn(Cc2ccccc2)nn1)N1CCCC(C(=O)N2CCOCC2)C1. The molecular weight excluding hydrogens is 358 g/mol. The van der Waals surface area contributed by atoms with Gasteiger partial charge in [-0.05, 0) is 18.4 Å². The lowest BCUT2D eigenvalue weighted by atomic mass is 9.96. The molecule has 0 spiro atoms. The summed E-state index contributed by atoms with van der Waals surface area (Å²) in [5.74, 6) is -0.164. The summed E-state index contributed by atoms with van der Waals surface area (Å²) in [6.07, 6.45) is 3.33. The molecule has 1 atom stereocenters.